The Bertz CT molecular complexity index is 553. The molecule has 0 spiro atoms. The topological polar surface area (TPSA) is 12.9 Å². The third kappa shape index (κ3) is 2.34. The van der Waals surface area contributed by atoms with Crippen molar-refractivity contribution in [1.82, 2.24) is 4.98 Å². The van der Waals surface area contributed by atoms with E-state index in [9.17, 15) is 0 Å². The summed E-state index contributed by atoms with van der Waals surface area (Å²) < 4.78 is 0. The normalized spacial score (nSPS) is 9.94. The number of rotatable bonds is 3. The molecule has 1 heterocycles. The standard InChI is InChI=1S/C16H15N/c1-4-14-9-8-12(2)11-15(14)13(3)16-7-5-6-10-17-16/h4-11H,1,3H2,2H3. The predicted octanol–water partition coefficient (Wildman–Crippen LogP) is 4.09. The highest BCUT2D eigenvalue weighted by Crippen LogP contribution is 2.25. The van der Waals surface area contributed by atoms with Gasteiger partial charge in [0.1, 0.15) is 0 Å². The van der Waals surface area contributed by atoms with Crippen LogP contribution in [-0.4, -0.2) is 4.98 Å². The second-order valence-electron chi connectivity index (χ2n) is 3.99. The fourth-order valence-corrected chi connectivity index (χ4v) is 1.79. The van der Waals surface area contributed by atoms with Crippen molar-refractivity contribution in [1.29, 1.82) is 0 Å². The van der Waals surface area contributed by atoms with Crippen molar-refractivity contribution >= 4 is 11.6 Å². The summed E-state index contributed by atoms with van der Waals surface area (Å²) >= 11 is 0. The van der Waals surface area contributed by atoms with Crippen LogP contribution in [0.4, 0.5) is 0 Å². The minimum atomic E-state index is 0.904. The number of aryl methyl sites for hydroxylation is 1. The number of benzene rings is 1. The molecule has 2 rings (SSSR count). The van der Waals surface area contributed by atoms with Gasteiger partial charge in [0.2, 0.25) is 0 Å². The molecule has 0 radical (unpaired) electrons. The van der Waals surface area contributed by atoms with E-state index in [0.717, 1.165) is 22.4 Å². The molecule has 0 aliphatic rings. The number of pyridine rings is 1. The van der Waals surface area contributed by atoms with Gasteiger partial charge in [0.05, 0.1) is 5.69 Å². The van der Waals surface area contributed by atoms with Crippen molar-refractivity contribution in [3.8, 4) is 0 Å². The zero-order valence-electron chi connectivity index (χ0n) is 9.98. The van der Waals surface area contributed by atoms with Crippen molar-refractivity contribution in [3.05, 3.63) is 78.1 Å². The summed E-state index contributed by atoms with van der Waals surface area (Å²) in [6, 6.07) is 12.1. The lowest BCUT2D eigenvalue weighted by Gasteiger charge is -2.10. The van der Waals surface area contributed by atoms with E-state index in [0.29, 0.717) is 0 Å². The van der Waals surface area contributed by atoms with Gasteiger partial charge in [-0.2, -0.15) is 0 Å². The van der Waals surface area contributed by atoms with E-state index in [1.807, 2.05) is 24.3 Å². The average molecular weight is 221 g/mol. The Morgan fingerprint density at radius 1 is 1.24 bits per heavy atom. The molecule has 0 aliphatic heterocycles. The summed E-state index contributed by atoms with van der Waals surface area (Å²) in [6.45, 7) is 10.0. The molecule has 1 heteroatoms. The zero-order chi connectivity index (χ0) is 12.3. The second kappa shape index (κ2) is 4.79. The molecule has 0 saturated carbocycles. The van der Waals surface area contributed by atoms with E-state index in [2.05, 4.69) is 43.3 Å². The van der Waals surface area contributed by atoms with Gasteiger partial charge < -0.3 is 0 Å². The molecule has 0 saturated heterocycles. The summed E-state index contributed by atoms with van der Waals surface area (Å²) in [6.07, 6.45) is 3.63. The minimum Gasteiger partial charge on any atom is -0.256 e. The van der Waals surface area contributed by atoms with Crippen molar-refractivity contribution < 1.29 is 0 Å². The van der Waals surface area contributed by atoms with Crippen LogP contribution in [0.15, 0.2) is 55.8 Å². The molecular weight excluding hydrogens is 206 g/mol. The number of hydrogen-bond donors (Lipinski definition) is 0. The van der Waals surface area contributed by atoms with Gasteiger partial charge in [0.25, 0.3) is 0 Å². The highest BCUT2D eigenvalue weighted by molar-refractivity contribution is 5.81. The summed E-state index contributed by atoms with van der Waals surface area (Å²) in [4.78, 5) is 4.33. The van der Waals surface area contributed by atoms with Gasteiger partial charge in [-0.05, 0) is 30.2 Å². The molecular formula is C16H15N. The van der Waals surface area contributed by atoms with Crippen LogP contribution in [0.1, 0.15) is 22.4 Å². The van der Waals surface area contributed by atoms with E-state index in [1.54, 1.807) is 6.20 Å². The third-order valence-corrected chi connectivity index (χ3v) is 2.73. The Morgan fingerprint density at radius 2 is 2.06 bits per heavy atom. The van der Waals surface area contributed by atoms with Crippen LogP contribution in [0, 0.1) is 6.92 Å². The molecule has 2 aromatic rings. The fraction of sp³-hybridized carbons (Fsp3) is 0.0625. The van der Waals surface area contributed by atoms with Crippen LogP contribution in [0.5, 0.6) is 0 Å². The van der Waals surface area contributed by atoms with Gasteiger partial charge in [-0.15, -0.1) is 0 Å². The van der Waals surface area contributed by atoms with Crippen LogP contribution in [0.25, 0.3) is 11.6 Å². The van der Waals surface area contributed by atoms with Crippen LogP contribution in [-0.2, 0) is 0 Å². The molecule has 1 nitrogen and oxygen atoms in total. The number of hydrogen-bond acceptors (Lipinski definition) is 1. The summed E-state index contributed by atoms with van der Waals surface area (Å²) in [7, 11) is 0. The maximum Gasteiger partial charge on any atom is 0.0702 e. The molecule has 0 atom stereocenters. The van der Waals surface area contributed by atoms with Crippen LogP contribution >= 0.6 is 0 Å². The quantitative estimate of drug-likeness (QED) is 0.760. The Kier molecular flexibility index (Phi) is 3.20. The molecule has 0 fully saturated rings. The highest BCUT2D eigenvalue weighted by Gasteiger charge is 2.07. The first-order valence-electron chi connectivity index (χ1n) is 5.56. The van der Waals surface area contributed by atoms with Crippen LogP contribution in [0.3, 0.4) is 0 Å². The lowest BCUT2D eigenvalue weighted by Crippen LogP contribution is -1.93. The van der Waals surface area contributed by atoms with E-state index in [4.69, 9.17) is 0 Å². The summed E-state index contributed by atoms with van der Waals surface area (Å²) in [5.74, 6) is 0. The SMILES string of the molecule is C=Cc1ccc(C)cc1C(=C)c1ccccn1. The Balaban J connectivity index is 2.50. The lowest BCUT2D eigenvalue weighted by molar-refractivity contribution is 1.27. The van der Waals surface area contributed by atoms with E-state index < -0.39 is 0 Å². The van der Waals surface area contributed by atoms with Crippen molar-refractivity contribution in [2.45, 2.75) is 6.92 Å². The van der Waals surface area contributed by atoms with Crippen molar-refractivity contribution in [3.63, 3.8) is 0 Å². The first-order chi connectivity index (χ1) is 8.22. The zero-order valence-corrected chi connectivity index (χ0v) is 9.98. The van der Waals surface area contributed by atoms with Gasteiger partial charge in [0.15, 0.2) is 0 Å². The van der Waals surface area contributed by atoms with Gasteiger partial charge >= 0.3 is 0 Å². The summed E-state index contributed by atoms with van der Waals surface area (Å²) in [5.41, 5.74) is 5.23. The van der Waals surface area contributed by atoms with E-state index >= 15 is 0 Å². The van der Waals surface area contributed by atoms with Gasteiger partial charge in [0, 0.05) is 11.8 Å². The average Bonchev–Trinajstić information content (AvgIpc) is 2.39. The van der Waals surface area contributed by atoms with Crippen LogP contribution < -0.4 is 0 Å². The Hall–Kier alpha value is -2.15. The molecule has 0 amide bonds. The molecule has 0 unspecified atom stereocenters. The number of aromatic nitrogens is 1. The molecule has 1 aromatic heterocycles. The predicted molar refractivity (Wildman–Crippen MR) is 73.6 cm³/mol. The first kappa shape index (κ1) is 11.3. The molecule has 84 valence electrons. The molecule has 0 aliphatic carbocycles. The Morgan fingerprint density at radius 3 is 2.71 bits per heavy atom. The number of nitrogens with zero attached hydrogens (tertiary/aromatic N) is 1. The van der Waals surface area contributed by atoms with E-state index in [-0.39, 0.29) is 0 Å². The maximum absolute atomic E-state index is 4.33. The van der Waals surface area contributed by atoms with Gasteiger partial charge in [-0.25, -0.2) is 0 Å². The second-order valence-corrected chi connectivity index (χ2v) is 3.99. The lowest BCUT2D eigenvalue weighted by atomic mass is 9.96. The Labute approximate surface area is 102 Å². The van der Waals surface area contributed by atoms with Crippen molar-refractivity contribution in [2.75, 3.05) is 0 Å². The first-order valence-corrected chi connectivity index (χ1v) is 5.56. The maximum atomic E-state index is 4.33. The molecule has 17 heavy (non-hydrogen) atoms. The largest absolute Gasteiger partial charge is 0.256 e. The third-order valence-electron chi connectivity index (χ3n) is 2.73. The summed E-state index contributed by atoms with van der Waals surface area (Å²) in [5, 5.41) is 0. The van der Waals surface area contributed by atoms with Crippen LogP contribution in [0.2, 0.25) is 0 Å². The smallest absolute Gasteiger partial charge is 0.0702 e. The molecule has 0 bridgehead atoms. The van der Waals surface area contributed by atoms with Gasteiger partial charge in [-0.3, -0.25) is 4.98 Å². The minimum absolute atomic E-state index is 0.904. The van der Waals surface area contributed by atoms with Crippen molar-refractivity contribution in [2.24, 2.45) is 0 Å². The molecule has 1 aromatic carbocycles. The van der Waals surface area contributed by atoms with E-state index in [1.165, 1.54) is 5.56 Å². The molecule has 0 N–H and O–H groups in total. The highest BCUT2D eigenvalue weighted by atomic mass is 14.7. The fourth-order valence-electron chi connectivity index (χ4n) is 1.79. The monoisotopic (exact) mass is 221 g/mol. The van der Waals surface area contributed by atoms with Gasteiger partial charge in [-0.1, -0.05) is 49.1 Å².